The van der Waals surface area contributed by atoms with E-state index in [9.17, 15) is 0 Å². The van der Waals surface area contributed by atoms with Gasteiger partial charge < -0.3 is 4.90 Å². The second kappa shape index (κ2) is 5.34. The maximum Gasteiger partial charge on any atom is 0.147 e. The fraction of sp³-hybridized carbons (Fsp3) is 0.444. The summed E-state index contributed by atoms with van der Waals surface area (Å²) in [4.78, 5) is 11.4. The van der Waals surface area contributed by atoms with Gasteiger partial charge in [0.25, 0.3) is 0 Å². The third kappa shape index (κ3) is 2.43. The summed E-state index contributed by atoms with van der Waals surface area (Å²) in [5.41, 5.74) is 4.58. The Labute approximate surface area is 139 Å². The van der Waals surface area contributed by atoms with E-state index in [1.54, 1.807) is 11.1 Å². The van der Waals surface area contributed by atoms with Gasteiger partial charge >= 0.3 is 0 Å². The van der Waals surface area contributed by atoms with Crippen LogP contribution in [0.5, 0.6) is 0 Å². The number of aromatic nitrogens is 2. The van der Waals surface area contributed by atoms with Crippen LogP contribution in [0.1, 0.15) is 29.7 Å². The Hall–Kier alpha value is -1.42. The monoisotopic (exact) mass is 357 g/mol. The van der Waals surface area contributed by atoms with Crippen LogP contribution in [0.25, 0.3) is 0 Å². The highest BCUT2D eigenvalue weighted by Gasteiger charge is 2.39. The van der Waals surface area contributed by atoms with Gasteiger partial charge in [-0.3, -0.25) is 0 Å². The molecule has 114 valence electrons. The molecule has 1 aliphatic heterocycles. The van der Waals surface area contributed by atoms with Crippen LogP contribution in [0.2, 0.25) is 0 Å². The normalized spacial score (nSPS) is 19.5. The van der Waals surface area contributed by atoms with Gasteiger partial charge in [0.15, 0.2) is 0 Å². The molecular formula is C18H20BrN3. The van der Waals surface area contributed by atoms with Crippen molar-refractivity contribution >= 4 is 21.7 Å². The molecule has 0 amide bonds. The van der Waals surface area contributed by atoms with Gasteiger partial charge in [-0.05, 0) is 65.1 Å². The zero-order valence-electron chi connectivity index (χ0n) is 12.8. The average Bonchev–Trinajstić information content (AvgIpc) is 2.88. The van der Waals surface area contributed by atoms with Crippen molar-refractivity contribution in [3.05, 3.63) is 51.9 Å². The summed E-state index contributed by atoms with van der Waals surface area (Å²) in [7, 11) is 0. The number of aryl methyl sites for hydroxylation is 1. The van der Waals surface area contributed by atoms with Crippen LogP contribution in [-0.4, -0.2) is 23.1 Å². The van der Waals surface area contributed by atoms with E-state index in [1.807, 2.05) is 13.1 Å². The van der Waals surface area contributed by atoms with Crippen molar-refractivity contribution in [2.45, 2.75) is 32.6 Å². The van der Waals surface area contributed by atoms with Crippen molar-refractivity contribution in [1.82, 2.24) is 9.97 Å². The first-order chi connectivity index (χ1) is 10.7. The molecule has 1 aromatic heterocycles. The fourth-order valence-electron chi connectivity index (χ4n) is 3.94. The average molecular weight is 358 g/mol. The maximum absolute atomic E-state index is 4.67. The van der Waals surface area contributed by atoms with Crippen LogP contribution in [0.15, 0.2) is 35.1 Å². The zero-order chi connectivity index (χ0) is 15.2. The van der Waals surface area contributed by atoms with E-state index in [0.29, 0.717) is 5.41 Å². The Balaban J connectivity index is 1.48. The second-order valence-corrected chi connectivity index (χ2v) is 7.46. The molecule has 0 atom stereocenters. The Kier molecular flexibility index (Phi) is 3.44. The van der Waals surface area contributed by atoms with Gasteiger partial charge in [-0.15, -0.1) is 0 Å². The number of nitrogens with zero attached hydrogens (tertiary/aromatic N) is 3. The van der Waals surface area contributed by atoms with Gasteiger partial charge in [-0.25, -0.2) is 9.97 Å². The lowest BCUT2D eigenvalue weighted by atomic mass is 9.76. The summed E-state index contributed by atoms with van der Waals surface area (Å²) in [6, 6.07) is 8.96. The summed E-state index contributed by atoms with van der Waals surface area (Å²) < 4.78 is 0.843. The number of benzene rings is 1. The molecule has 4 heteroatoms. The van der Waals surface area contributed by atoms with Gasteiger partial charge in [-0.2, -0.15) is 0 Å². The Morgan fingerprint density at radius 2 is 1.73 bits per heavy atom. The first-order valence-corrected chi connectivity index (χ1v) is 8.75. The van der Waals surface area contributed by atoms with E-state index < -0.39 is 0 Å². The number of fused-ring (bicyclic) bond motifs is 1. The van der Waals surface area contributed by atoms with Crippen molar-refractivity contribution in [2.24, 2.45) is 5.41 Å². The van der Waals surface area contributed by atoms with Crippen LogP contribution in [0.4, 0.5) is 5.82 Å². The maximum atomic E-state index is 4.67. The first-order valence-electron chi connectivity index (χ1n) is 7.96. The highest BCUT2D eigenvalue weighted by Crippen LogP contribution is 2.44. The number of anilines is 1. The van der Waals surface area contributed by atoms with Crippen molar-refractivity contribution in [3.8, 4) is 0 Å². The van der Waals surface area contributed by atoms with Crippen LogP contribution in [-0.2, 0) is 12.8 Å². The first kappa shape index (κ1) is 14.2. The highest BCUT2D eigenvalue weighted by atomic mass is 79.9. The predicted octanol–water partition coefficient (Wildman–Crippen LogP) is 3.93. The van der Waals surface area contributed by atoms with Gasteiger partial charge in [-0.1, -0.05) is 24.3 Å². The molecule has 2 aromatic rings. The summed E-state index contributed by atoms with van der Waals surface area (Å²) in [6.45, 7) is 4.17. The van der Waals surface area contributed by atoms with E-state index >= 15 is 0 Å². The largest absolute Gasteiger partial charge is 0.355 e. The van der Waals surface area contributed by atoms with Crippen molar-refractivity contribution < 1.29 is 0 Å². The van der Waals surface area contributed by atoms with Crippen LogP contribution in [0.3, 0.4) is 0 Å². The molecule has 4 rings (SSSR count). The minimum atomic E-state index is 0.484. The van der Waals surface area contributed by atoms with Crippen LogP contribution >= 0.6 is 15.9 Å². The predicted molar refractivity (Wildman–Crippen MR) is 92.2 cm³/mol. The van der Waals surface area contributed by atoms with Gasteiger partial charge in [0.2, 0.25) is 0 Å². The molecule has 0 bridgehead atoms. The van der Waals surface area contributed by atoms with Crippen molar-refractivity contribution in [3.63, 3.8) is 0 Å². The second-order valence-electron chi connectivity index (χ2n) is 6.71. The molecule has 1 aliphatic carbocycles. The summed E-state index contributed by atoms with van der Waals surface area (Å²) >= 11 is 3.43. The third-order valence-corrected chi connectivity index (χ3v) is 6.05. The van der Waals surface area contributed by atoms with E-state index in [0.717, 1.165) is 29.2 Å². The third-order valence-electron chi connectivity index (χ3n) is 5.27. The quantitative estimate of drug-likeness (QED) is 0.774. The van der Waals surface area contributed by atoms with Crippen molar-refractivity contribution in [2.75, 3.05) is 18.0 Å². The van der Waals surface area contributed by atoms with E-state index in [-0.39, 0.29) is 0 Å². The van der Waals surface area contributed by atoms with E-state index in [4.69, 9.17) is 0 Å². The molecule has 1 saturated heterocycles. The minimum Gasteiger partial charge on any atom is -0.355 e. The van der Waals surface area contributed by atoms with Gasteiger partial charge in [0, 0.05) is 13.1 Å². The Bertz CT molecular complexity index is 678. The molecule has 1 fully saturated rings. The van der Waals surface area contributed by atoms with Gasteiger partial charge in [0.05, 0.1) is 11.9 Å². The number of halogens is 1. The summed E-state index contributed by atoms with van der Waals surface area (Å²) in [5.74, 6) is 1.02. The lowest BCUT2D eigenvalue weighted by Crippen LogP contribution is -2.41. The topological polar surface area (TPSA) is 29.0 Å². The highest BCUT2D eigenvalue weighted by molar-refractivity contribution is 9.10. The van der Waals surface area contributed by atoms with Crippen LogP contribution in [0, 0.1) is 12.3 Å². The fourth-order valence-corrected chi connectivity index (χ4v) is 4.13. The SMILES string of the molecule is Cc1nc(N2CCC3(CC2)Cc2ccccc2C3)cnc1Br. The zero-order valence-corrected chi connectivity index (χ0v) is 14.4. The standard InChI is InChI=1S/C18H20BrN3/c1-13-17(19)20-12-16(21-13)22-8-6-18(7-9-22)10-14-4-2-3-5-15(14)11-18/h2-5,12H,6-11H2,1H3. The number of hydrogen-bond donors (Lipinski definition) is 0. The molecule has 2 heterocycles. The summed E-state index contributed by atoms with van der Waals surface area (Å²) in [5, 5.41) is 0. The molecule has 1 spiro atoms. The molecule has 0 saturated carbocycles. The van der Waals surface area contributed by atoms with Gasteiger partial charge in [0.1, 0.15) is 10.4 Å². The molecule has 3 nitrogen and oxygen atoms in total. The molecule has 0 radical (unpaired) electrons. The number of hydrogen-bond acceptors (Lipinski definition) is 3. The minimum absolute atomic E-state index is 0.484. The number of rotatable bonds is 1. The molecule has 0 N–H and O–H groups in total. The lowest BCUT2D eigenvalue weighted by Gasteiger charge is -2.40. The van der Waals surface area contributed by atoms with Crippen molar-refractivity contribution in [1.29, 1.82) is 0 Å². The molecule has 2 aliphatic rings. The van der Waals surface area contributed by atoms with E-state index in [1.165, 1.54) is 25.7 Å². The van der Waals surface area contributed by atoms with E-state index in [2.05, 4.69) is 55.1 Å². The molecule has 0 unspecified atom stereocenters. The molecule has 22 heavy (non-hydrogen) atoms. The van der Waals surface area contributed by atoms with Crippen LogP contribution < -0.4 is 4.90 Å². The molecular weight excluding hydrogens is 338 g/mol. The Morgan fingerprint density at radius 1 is 1.09 bits per heavy atom. The summed E-state index contributed by atoms with van der Waals surface area (Å²) in [6.07, 6.45) is 6.89. The number of piperidine rings is 1. The smallest absolute Gasteiger partial charge is 0.147 e. The molecule has 1 aromatic carbocycles. The Morgan fingerprint density at radius 3 is 2.32 bits per heavy atom. The lowest BCUT2D eigenvalue weighted by molar-refractivity contribution is 0.232.